The first-order valence-corrected chi connectivity index (χ1v) is 12.9. The van der Waals surface area contributed by atoms with Gasteiger partial charge in [-0.25, -0.2) is 13.2 Å². The summed E-state index contributed by atoms with van der Waals surface area (Å²) in [5.74, 6) is -0.934. The Balaban J connectivity index is 2.13. The first-order valence-electron chi connectivity index (χ1n) is 11.2. The number of carboxylic acids is 1. The summed E-state index contributed by atoms with van der Waals surface area (Å²) in [5.41, 5.74) is 0.199. The van der Waals surface area contributed by atoms with Crippen molar-refractivity contribution in [1.29, 1.82) is 0 Å². The molecule has 0 aromatic heterocycles. The van der Waals surface area contributed by atoms with Crippen LogP contribution in [-0.2, 0) is 27.6 Å². The Morgan fingerprint density at radius 1 is 1.09 bits per heavy atom. The Hall–Kier alpha value is -3.01. The Kier molecular flexibility index (Phi) is 10.2. The highest BCUT2D eigenvalue weighted by molar-refractivity contribution is 7.92. The summed E-state index contributed by atoms with van der Waals surface area (Å²) in [7, 11) is -3.77. The molecule has 0 bridgehead atoms. The minimum absolute atomic E-state index is 0.0683. The number of ether oxygens (including phenoxy) is 1. The zero-order chi connectivity index (χ0) is 26.1. The highest BCUT2D eigenvalue weighted by atomic mass is 32.2. The molecule has 0 heterocycles. The van der Waals surface area contributed by atoms with Crippen LogP contribution in [0.5, 0.6) is 5.75 Å². The second kappa shape index (κ2) is 12.6. The lowest BCUT2D eigenvalue weighted by Gasteiger charge is -2.16. The van der Waals surface area contributed by atoms with Gasteiger partial charge < -0.3 is 9.84 Å². The van der Waals surface area contributed by atoms with E-state index < -0.39 is 27.7 Å². The molecular formula is C25H30F3NO5S. The van der Waals surface area contributed by atoms with E-state index in [0.717, 1.165) is 43.5 Å². The van der Waals surface area contributed by atoms with Gasteiger partial charge in [0, 0.05) is 6.08 Å². The van der Waals surface area contributed by atoms with E-state index in [-0.39, 0.29) is 23.8 Å². The number of alkyl halides is 3. The predicted octanol–water partition coefficient (Wildman–Crippen LogP) is 6.34. The molecule has 0 atom stereocenters. The van der Waals surface area contributed by atoms with E-state index in [1.165, 1.54) is 6.08 Å². The SMILES string of the molecule is CC(C)CCCCCS(=O)(=O)Nc1ccc(C(F)(F)F)cc1OCc1ccc(C=CC(=O)O)cc1. The normalized spacial score (nSPS) is 12.3. The average molecular weight is 514 g/mol. The van der Waals surface area contributed by atoms with E-state index in [1.807, 2.05) is 0 Å². The van der Waals surface area contributed by atoms with Gasteiger partial charge in [-0.1, -0.05) is 57.4 Å². The van der Waals surface area contributed by atoms with Crippen molar-refractivity contribution in [2.75, 3.05) is 10.5 Å². The van der Waals surface area contributed by atoms with Crippen LogP contribution in [0.25, 0.3) is 6.08 Å². The van der Waals surface area contributed by atoms with Crippen molar-refractivity contribution in [3.63, 3.8) is 0 Å². The van der Waals surface area contributed by atoms with Gasteiger partial charge in [-0.05, 0) is 47.7 Å². The molecule has 6 nitrogen and oxygen atoms in total. The Morgan fingerprint density at radius 3 is 2.37 bits per heavy atom. The molecule has 0 amide bonds. The molecule has 0 aliphatic heterocycles. The van der Waals surface area contributed by atoms with Gasteiger partial charge in [0.15, 0.2) is 0 Å². The molecule has 10 heteroatoms. The molecule has 0 aliphatic carbocycles. The highest BCUT2D eigenvalue weighted by Gasteiger charge is 2.31. The number of hydrogen-bond acceptors (Lipinski definition) is 4. The Morgan fingerprint density at radius 2 is 1.77 bits per heavy atom. The fourth-order valence-corrected chi connectivity index (χ4v) is 4.39. The maximum atomic E-state index is 13.2. The number of hydrogen-bond donors (Lipinski definition) is 2. The molecule has 2 aromatic rings. The molecule has 2 N–H and O–H groups in total. The summed E-state index contributed by atoms with van der Waals surface area (Å²) < 4.78 is 72.6. The third-order valence-corrected chi connectivity index (χ3v) is 6.42. The van der Waals surface area contributed by atoms with Gasteiger partial charge in [0.05, 0.1) is 17.0 Å². The number of carbonyl (C=O) groups is 1. The molecule has 0 saturated heterocycles. The number of aliphatic carboxylic acids is 1. The number of halogens is 3. The maximum absolute atomic E-state index is 13.2. The summed E-state index contributed by atoms with van der Waals surface area (Å²) in [6.45, 7) is 4.07. The largest absolute Gasteiger partial charge is 0.487 e. The van der Waals surface area contributed by atoms with Crippen LogP contribution >= 0.6 is 0 Å². The summed E-state index contributed by atoms with van der Waals surface area (Å²) in [4.78, 5) is 10.6. The van der Waals surface area contributed by atoms with Crippen molar-refractivity contribution in [1.82, 2.24) is 0 Å². The molecular weight excluding hydrogens is 483 g/mol. The zero-order valence-corrected chi connectivity index (χ0v) is 20.5. The Labute approximate surface area is 203 Å². The molecule has 35 heavy (non-hydrogen) atoms. The van der Waals surface area contributed by atoms with Gasteiger partial charge in [-0.15, -0.1) is 0 Å². The molecule has 2 aromatic carbocycles. The second-order valence-corrected chi connectivity index (χ2v) is 10.4. The van der Waals surface area contributed by atoms with Crippen molar-refractivity contribution < 1.29 is 36.2 Å². The zero-order valence-electron chi connectivity index (χ0n) is 19.6. The summed E-state index contributed by atoms with van der Waals surface area (Å²) in [6, 6.07) is 9.16. The third-order valence-electron chi connectivity index (χ3n) is 5.06. The fourth-order valence-electron chi connectivity index (χ4n) is 3.20. The second-order valence-electron chi connectivity index (χ2n) is 8.57. The lowest BCUT2D eigenvalue weighted by atomic mass is 10.1. The van der Waals surface area contributed by atoms with Crippen LogP contribution in [0.3, 0.4) is 0 Å². The van der Waals surface area contributed by atoms with Crippen molar-refractivity contribution in [2.24, 2.45) is 5.92 Å². The standard InChI is InChI=1S/C25H30F3NO5S/c1-18(2)6-4-3-5-15-35(32,33)29-22-13-12-21(25(26,27)28)16-23(22)34-17-20-9-7-19(8-10-20)11-14-24(30)31/h7-14,16,18,29H,3-6,15,17H2,1-2H3,(H,30,31). The number of nitrogens with one attached hydrogen (secondary N) is 1. The fraction of sp³-hybridized carbons (Fsp3) is 0.400. The quantitative estimate of drug-likeness (QED) is 0.241. The van der Waals surface area contributed by atoms with Crippen molar-refractivity contribution in [3.8, 4) is 5.75 Å². The van der Waals surface area contributed by atoms with Gasteiger partial charge in [-0.2, -0.15) is 13.2 Å². The van der Waals surface area contributed by atoms with Crippen molar-refractivity contribution in [3.05, 3.63) is 65.2 Å². The van der Waals surface area contributed by atoms with E-state index in [9.17, 15) is 26.4 Å². The van der Waals surface area contributed by atoms with Gasteiger partial charge in [0.2, 0.25) is 10.0 Å². The summed E-state index contributed by atoms with van der Waals surface area (Å²) >= 11 is 0. The van der Waals surface area contributed by atoms with Gasteiger partial charge in [-0.3, -0.25) is 4.72 Å². The van der Waals surface area contributed by atoms with Gasteiger partial charge in [0.1, 0.15) is 12.4 Å². The molecule has 0 unspecified atom stereocenters. The minimum Gasteiger partial charge on any atom is -0.487 e. The molecule has 0 saturated carbocycles. The number of rotatable bonds is 13. The number of unbranched alkanes of at least 4 members (excludes halogenated alkanes) is 2. The smallest absolute Gasteiger partial charge is 0.416 e. The molecule has 0 aliphatic rings. The van der Waals surface area contributed by atoms with E-state index in [4.69, 9.17) is 9.84 Å². The predicted molar refractivity (Wildman–Crippen MR) is 130 cm³/mol. The van der Waals surface area contributed by atoms with E-state index in [1.54, 1.807) is 24.3 Å². The molecule has 2 rings (SSSR count). The first kappa shape index (κ1) is 28.2. The molecule has 0 fully saturated rings. The minimum atomic E-state index is -4.62. The molecule has 0 spiro atoms. The lowest BCUT2D eigenvalue weighted by Crippen LogP contribution is -2.18. The number of benzene rings is 2. The van der Waals surface area contributed by atoms with Crippen LogP contribution < -0.4 is 9.46 Å². The van der Waals surface area contributed by atoms with E-state index >= 15 is 0 Å². The summed E-state index contributed by atoms with van der Waals surface area (Å²) in [6.07, 6.45) is 0.860. The molecule has 0 radical (unpaired) electrons. The summed E-state index contributed by atoms with van der Waals surface area (Å²) in [5, 5.41) is 8.68. The van der Waals surface area contributed by atoms with E-state index in [2.05, 4.69) is 18.6 Å². The lowest BCUT2D eigenvalue weighted by molar-refractivity contribution is -0.137. The van der Waals surface area contributed by atoms with Crippen molar-refractivity contribution >= 4 is 27.8 Å². The van der Waals surface area contributed by atoms with Gasteiger partial charge >= 0.3 is 12.1 Å². The van der Waals surface area contributed by atoms with Crippen LogP contribution in [0.4, 0.5) is 18.9 Å². The topological polar surface area (TPSA) is 92.7 Å². The van der Waals surface area contributed by atoms with Gasteiger partial charge in [0.25, 0.3) is 0 Å². The van der Waals surface area contributed by atoms with Crippen LogP contribution in [0.15, 0.2) is 48.5 Å². The monoisotopic (exact) mass is 513 g/mol. The number of sulfonamides is 1. The van der Waals surface area contributed by atoms with Crippen LogP contribution in [0.1, 0.15) is 56.2 Å². The van der Waals surface area contributed by atoms with Crippen molar-refractivity contribution in [2.45, 2.75) is 52.3 Å². The Bertz CT molecular complexity index is 1110. The maximum Gasteiger partial charge on any atom is 0.416 e. The number of carboxylic acid groups (broad SMARTS) is 1. The van der Waals surface area contributed by atoms with Crippen LogP contribution in [-0.4, -0.2) is 25.2 Å². The van der Waals surface area contributed by atoms with Crippen LogP contribution in [0, 0.1) is 5.92 Å². The average Bonchev–Trinajstić information content (AvgIpc) is 2.76. The molecule has 192 valence electrons. The van der Waals surface area contributed by atoms with Crippen LogP contribution in [0.2, 0.25) is 0 Å². The number of anilines is 1. The third kappa shape index (κ3) is 10.4. The van der Waals surface area contributed by atoms with E-state index in [0.29, 0.717) is 23.5 Å². The first-order chi connectivity index (χ1) is 16.4. The highest BCUT2D eigenvalue weighted by Crippen LogP contribution is 2.36.